The Kier molecular flexibility index (Phi) is 9.13. The second-order valence-corrected chi connectivity index (χ2v) is 14.2. The summed E-state index contributed by atoms with van der Waals surface area (Å²) in [7, 11) is -8.10. The number of rotatable bonds is 10. The maximum atomic E-state index is 14.2. The summed E-state index contributed by atoms with van der Waals surface area (Å²) in [6.45, 7) is 11.4. The number of hydroxylamine groups is 1. The van der Waals surface area contributed by atoms with Gasteiger partial charge in [0.1, 0.15) is 4.90 Å². The first kappa shape index (κ1) is 30.6. The molecule has 0 fully saturated rings. The topological polar surface area (TPSA) is 102 Å². The van der Waals surface area contributed by atoms with Crippen LogP contribution in [0.25, 0.3) is 11.1 Å². The van der Waals surface area contributed by atoms with E-state index in [-0.39, 0.29) is 27.1 Å². The molecular formula is C32H36N2O5S2. The highest BCUT2D eigenvalue weighted by Gasteiger charge is 2.30. The Morgan fingerprint density at radius 2 is 1.22 bits per heavy atom. The quantitative estimate of drug-likeness (QED) is 0.212. The number of benzene rings is 3. The number of nitrogens with zero attached hydrogens (tertiary/aromatic N) is 1. The molecule has 0 bridgehead atoms. The molecule has 0 aliphatic rings. The number of hydrogen-bond acceptors (Lipinski definition) is 7. The Morgan fingerprint density at radius 1 is 0.732 bits per heavy atom. The van der Waals surface area contributed by atoms with E-state index in [1.165, 1.54) is 12.1 Å². The van der Waals surface area contributed by atoms with Crippen LogP contribution in [0.2, 0.25) is 0 Å². The minimum atomic E-state index is -4.11. The van der Waals surface area contributed by atoms with Crippen LogP contribution < -0.4 is 5.48 Å². The van der Waals surface area contributed by atoms with Gasteiger partial charge in [0.15, 0.2) is 0 Å². The molecule has 0 atom stereocenters. The van der Waals surface area contributed by atoms with Gasteiger partial charge < -0.3 is 0 Å². The highest BCUT2D eigenvalue weighted by atomic mass is 32.2. The van der Waals surface area contributed by atoms with Gasteiger partial charge in [0, 0.05) is 17.8 Å². The second kappa shape index (κ2) is 12.2. The fraction of sp³-hybridized carbons (Fsp3) is 0.281. The zero-order valence-corrected chi connectivity index (χ0v) is 25.9. The lowest BCUT2D eigenvalue weighted by molar-refractivity contribution is 0.198. The molecule has 9 heteroatoms. The summed E-state index contributed by atoms with van der Waals surface area (Å²) in [5.41, 5.74) is 8.31. The van der Waals surface area contributed by atoms with Crippen LogP contribution in [0.4, 0.5) is 0 Å². The van der Waals surface area contributed by atoms with E-state index in [0.29, 0.717) is 34.5 Å². The summed E-state index contributed by atoms with van der Waals surface area (Å²) < 4.78 is 59.3. The molecule has 0 unspecified atom stereocenters. The van der Waals surface area contributed by atoms with E-state index in [2.05, 4.69) is 19.3 Å². The molecule has 1 N–H and O–H groups in total. The first-order chi connectivity index (χ1) is 19.3. The van der Waals surface area contributed by atoms with E-state index in [1.807, 2.05) is 45.0 Å². The zero-order valence-electron chi connectivity index (χ0n) is 24.2. The van der Waals surface area contributed by atoms with Gasteiger partial charge in [0.05, 0.1) is 15.5 Å². The number of hydrogen-bond donors (Lipinski definition) is 1. The molecule has 0 saturated carbocycles. The van der Waals surface area contributed by atoms with Gasteiger partial charge in [-0.15, -0.1) is 0 Å². The summed E-state index contributed by atoms with van der Waals surface area (Å²) in [6, 6.07) is 20.7. The molecule has 3 aromatic carbocycles. The van der Waals surface area contributed by atoms with Crippen LogP contribution in [0, 0.1) is 33.6 Å². The molecule has 1 aromatic heterocycles. The van der Waals surface area contributed by atoms with Gasteiger partial charge >= 0.3 is 10.1 Å². The fourth-order valence-corrected chi connectivity index (χ4v) is 7.10. The minimum absolute atomic E-state index is 0.0152. The summed E-state index contributed by atoms with van der Waals surface area (Å²) in [5.74, 6) is 0.211. The Hall–Kier alpha value is -3.37. The van der Waals surface area contributed by atoms with Crippen molar-refractivity contribution >= 4 is 20.0 Å². The van der Waals surface area contributed by atoms with E-state index in [4.69, 9.17) is 9.27 Å². The van der Waals surface area contributed by atoms with Gasteiger partial charge in [-0.05, 0) is 75.4 Å². The van der Waals surface area contributed by atoms with Gasteiger partial charge in [-0.2, -0.15) is 18.2 Å². The molecule has 0 aliphatic carbocycles. The Labute approximate surface area is 243 Å². The van der Waals surface area contributed by atoms with E-state index < -0.39 is 20.0 Å². The first-order valence-corrected chi connectivity index (χ1v) is 16.3. The molecule has 0 radical (unpaired) electrons. The lowest BCUT2D eigenvalue weighted by Crippen LogP contribution is -2.23. The van der Waals surface area contributed by atoms with Crippen LogP contribution in [0.3, 0.4) is 0 Å². The summed E-state index contributed by atoms with van der Waals surface area (Å²) in [5, 5.41) is 0. The monoisotopic (exact) mass is 592 g/mol. The van der Waals surface area contributed by atoms with E-state index in [0.717, 1.165) is 16.7 Å². The molecule has 0 amide bonds. The second-order valence-electron chi connectivity index (χ2n) is 10.8. The maximum Gasteiger partial charge on any atom is 0.312 e. The zero-order chi connectivity index (χ0) is 29.9. The van der Waals surface area contributed by atoms with Crippen molar-refractivity contribution < 1.29 is 21.1 Å². The van der Waals surface area contributed by atoms with Crippen molar-refractivity contribution in [3.8, 4) is 11.1 Å². The predicted molar refractivity (Wildman–Crippen MR) is 161 cm³/mol. The molecule has 4 aromatic rings. The van der Waals surface area contributed by atoms with Crippen LogP contribution in [-0.4, -0.2) is 21.8 Å². The molecule has 4 rings (SSSR count). The van der Waals surface area contributed by atoms with Crippen LogP contribution in [0.5, 0.6) is 0 Å². The molecule has 7 nitrogen and oxygen atoms in total. The van der Waals surface area contributed by atoms with Gasteiger partial charge in [-0.25, -0.2) is 8.42 Å². The summed E-state index contributed by atoms with van der Waals surface area (Å²) in [4.78, 5) is 5.06. The van der Waals surface area contributed by atoms with Crippen molar-refractivity contribution in [1.82, 2.24) is 10.5 Å². The first-order valence-electron chi connectivity index (χ1n) is 13.4. The average molecular weight is 593 g/mol. The molecule has 0 saturated heterocycles. The standard InChI is InChI=1S/C32H36N2O5S2/c1-21(2)19-30-29(20-33-39-41(37,38)28-17-11-24(5)12-18-28)31(26-13-7-22(3)8-14-26)32(25(6)34-30)40(35,36)27-15-9-23(4)10-16-27/h7-18,21,33H,19-20H2,1-6H3. The number of sulfone groups is 1. The normalized spacial score (nSPS) is 12.2. The van der Waals surface area contributed by atoms with Crippen LogP contribution >= 0.6 is 0 Å². The minimum Gasteiger partial charge on any atom is -0.256 e. The molecule has 0 aliphatic heterocycles. The highest BCUT2D eigenvalue weighted by molar-refractivity contribution is 7.91. The fourth-order valence-electron chi connectivity index (χ4n) is 4.65. The Balaban J connectivity index is 1.89. The van der Waals surface area contributed by atoms with Gasteiger partial charge in [0.2, 0.25) is 9.84 Å². The van der Waals surface area contributed by atoms with Gasteiger partial charge in [-0.3, -0.25) is 4.98 Å². The third-order valence-corrected chi connectivity index (χ3v) is 9.89. The molecule has 216 valence electrons. The summed E-state index contributed by atoms with van der Waals surface area (Å²) in [6.07, 6.45) is 0.562. The Morgan fingerprint density at radius 3 is 1.73 bits per heavy atom. The van der Waals surface area contributed by atoms with E-state index in [9.17, 15) is 16.8 Å². The smallest absolute Gasteiger partial charge is 0.256 e. The van der Waals surface area contributed by atoms with Crippen LogP contribution in [-0.2, 0) is 37.2 Å². The Bertz CT molecular complexity index is 1750. The van der Waals surface area contributed by atoms with Crippen molar-refractivity contribution in [2.75, 3.05) is 0 Å². The third-order valence-electron chi connectivity index (χ3n) is 6.78. The van der Waals surface area contributed by atoms with Gasteiger partial charge in [0.25, 0.3) is 0 Å². The van der Waals surface area contributed by atoms with Crippen LogP contribution in [0.1, 0.15) is 47.5 Å². The van der Waals surface area contributed by atoms with Gasteiger partial charge in [-0.1, -0.05) is 79.1 Å². The average Bonchev–Trinajstić information content (AvgIpc) is 2.90. The predicted octanol–water partition coefficient (Wildman–Crippen LogP) is 6.42. The van der Waals surface area contributed by atoms with Crippen molar-refractivity contribution in [2.45, 2.75) is 69.2 Å². The van der Waals surface area contributed by atoms with Crippen molar-refractivity contribution in [3.63, 3.8) is 0 Å². The van der Waals surface area contributed by atoms with Crippen LogP contribution in [0.15, 0.2) is 87.5 Å². The SMILES string of the molecule is Cc1ccc(-c2c(CNOS(=O)(=O)c3ccc(C)cc3)c(CC(C)C)nc(C)c2S(=O)(=O)c2ccc(C)cc2)cc1. The number of nitrogens with one attached hydrogen (secondary N) is 1. The van der Waals surface area contributed by atoms with E-state index >= 15 is 0 Å². The molecular weight excluding hydrogens is 556 g/mol. The number of aromatic nitrogens is 1. The number of aryl methyl sites for hydroxylation is 4. The molecule has 41 heavy (non-hydrogen) atoms. The van der Waals surface area contributed by atoms with E-state index in [1.54, 1.807) is 43.3 Å². The highest BCUT2D eigenvalue weighted by Crippen LogP contribution is 2.38. The lowest BCUT2D eigenvalue weighted by Gasteiger charge is -2.22. The molecule has 1 heterocycles. The number of pyridine rings is 1. The molecule has 0 spiro atoms. The van der Waals surface area contributed by atoms with Crippen molar-refractivity contribution in [1.29, 1.82) is 0 Å². The largest absolute Gasteiger partial charge is 0.312 e. The summed E-state index contributed by atoms with van der Waals surface area (Å²) >= 11 is 0. The lowest BCUT2D eigenvalue weighted by atomic mass is 9.94. The maximum absolute atomic E-state index is 14.2. The third kappa shape index (κ3) is 6.93. The van der Waals surface area contributed by atoms with Crippen molar-refractivity contribution in [2.24, 2.45) is 5.92 Å². The van der Waals surface area contributed by atoms with Crippen molar-refractivity contribution in [3.05, 3.63) is 106 Å².